The van der Waals surface area contributed by atoms with E-state index in [9.17, 15) is 0 Å². The Morgan fingerprint density at radius 3 is 3.12 bits per heavy atom. The van der Waals surface area contributed by atoms with Crippen LogP contribution in [0, 0.1) is 0 Å². The molecule has 80 valence electrons. The zero-order chi connectivity index (χ0) is 11.0. The van der Waals surface area contributed by atoms with Crippen LogP contribution in [0.15, 0.2) is 30.2 Å². The van der Waals surface area contributed by atoms with E-state index in [-0.39, 0.29) is 0 Å². The minimum absolute atomic E-state index is 0.393. The quantitative estimate of drug-likeness (QED) is 0.722. The van der Waals surface area contributed by atoms with E-state index in [1.807, 2.05) is 22.2 Å². The number of rotatable bonds is 2. The van der Waals surface area contributed by atoms with Crippen molar-refractivity contribution >= 4 is 21.6 Å². The molecule has 0 radical (unpaired) electrons. The van der Waals surface area contributed by atoms with E-state index in [4.69, 9.17) is 5.73 Å². The van der Waals surface area contributed by atoms with E-state index in [1.165, 1.54) is 0 Å². The molecule has 0 spiro atoms. The molecule has 0 saturated carbocycles. The third-order valence-electron chi connectivity index (χ3n) is 2.35. The lowest BCUT2D eigenvalue weighted by molar-refractivity contribution is 0.852. The molecule has 0 bridgehead atoms. The Balaban J connectivity index is 2.29. The van der Waals surface area contributed by atoms with Crippen molar-refractivity contribution in [3.8, 4) is 5.82 Å². The molecule has 0 amide bonds. The van der Waals surface area contributed by atoms with Crippen molar-refractivity contribution in [3.63, 3.8) is 0 Å². The Hall–Kier alpha value is -1.79. The highest BCUT2D eigenvalue weighted by Gasteiger charge is 2.09. The van der Waals surface area contributed by atoms with Gasteiger partial charge in [-0.15, -0.1) is 11.3 Å². The van der Waals surface area contributed by atoms with Gasteiger partial charge in [0.25, 0.3) is 0 Å². The van der Waals surface area contributed by atoms with E-state index in [0.717, 1.165) is 21.9 Å². The molecule has 0 saturated heterocycles. The average molecular weight is 231 g/mol. The summed E-state index contributed by atoms with van der Waals surface area (Å²) in [5, 5.41) is 2.00. The molecule has 0 unspecified atom stereocenters. The molecule has 0 fully saturated rings. The second kappa shape index (κ2) is 3.66. The van der Waals surface area contributed by atoms with Gasteiger partial charge in [-0.25, -0.2) is 15.0 Å². The molecule has 0 aliphatic rings. The summed E-state index contributed by atoms with van der Waals surface area (Å²) in [6, 6.07) is 1.98. The fourth-order valence-corrected chi connectivity index (χ4v) is 2.46. The number of hydrogen-bond donors (Lipinski definition) is 1. The first-order chi connectivity index (χ1) is 7.90. The van der Waals surface area contributed by atoms with Crippen LogP contribution in [0.1, 0.15) is 5.82 Å². The number of thiophene rings is 1. The van der Waals surface area contributed by atoms with Gasteiger partial charge in [0.15, 0.2) is 5.82 Å². The molecule has 3 heterocycles. The van der Waals surface area contributed by atoms with Gasteiger partial charge in [0.05, 0.1) is 16.8 Å². The maximum absolute atomic E-state index is 5.63. The van der Waals surface area contributed by atoms with E-state index < -0.39 is 0 Å². The van der Waals surface area contributed by atoms with Crippen LogP contribution >= 0.6 is 11.3 Å². The molecule has 2 N–H and O–H groups in total. The van der Waals surface area contributed by atoms with Crippen molar-refractivity contribution in [2.75, 3.05) is 0 Å². The summed E-state index contributed by atoms with van der Waals surface area (Å²) >= 11 is 1.62. The standard InChI is InChI=1S/C10H9N5S/c11-5-8-12-2-3-15(8)10-9-7(1-4-16-9)13-6-14-10/h1-4,6H,5,11H2. The number of aromatic nitrogens is 4. The van der Waals surface area contributed by atoms with Crippen LogP contribution in [0.5, 0.6) is 0 Å². The number of hydrogen-bond acceptors (Lipinski definition) is 5. The van der Waals surface area contributed by atoms with Gasteiger partial charge in [0.2, 0.25) is 0 Å². The summed E-state index contributed by atoms with van der Waals surface area (Å²) in [7, 11) is 0. The average Bonchev–Trinajstić information content (AvgIpc) is 2.96. The van der Waals surface area contributed by atoms with Crippen LogP contribution < -0.4 is 5.73 Å². The highest BCUT2D eigenvalue weighted by Crippen LogP contribution is 2.24. The first kappa shape index (κ1) is 9.44. The molecule has 0 aromatic carbocycles. The van der Waals surface area contributed by atoms with Crippen LogP contribution in [0.4, 0.5) is 0 Å². The van der Waals surface area contributed by atoms with Gasteiger partial charge in [0.1, 0.15) is 12.2 Å². The van der Waals surface area contributed by atoms with Gasteiger partial charge in [-0.3, -0.25) is 4.57 Å². The lowest BCUT2D eigenvalue weighted by Gasteiger charge is -2.05. The van der Waals surface area contributed by atoms with Crippen LogP contribution in [0.2, 0.25) is 0 Å². The van der Waals surface area contributed by atoms with Crippen LogP contribution in [-0.4, -0.2) is 19.5 Å². The lowest BCUT2D eigenvalue weighted by atomic mass is 10.4. The first-order valence-electron chi connectivity index (χ1n) is 4.81. The third-order valence-corrected chi connectivity index (χ3v) is 3.25. The fraction of sp³-hybridized carbons (Fsp3) is 0.100. The highest BCUT2D eigenvalue weighted by atomic mass is 32.1. The zero-order valence-electron chi connectivity index (χ0n) is 8.37. The number of nitrogens with two attached hydrogens (primary N) is 1. The van der Waals surface area contributed by atoms with Gasteiger partial charge in [-0.1, -0.05) is 0 Å². The van der Waals surface area contributed by atoms with E-state index in [2.05, 4.69) is 15.0 Å². The van der Waals surface area contributed by atoms with Crippen molar-refractivity contribution < 1.29 is 0 Å². The van der Waals surface area contributed by atoms with Crippen LogP contribution in [-0.2, 0) is 6.54 Å². The third kappa shape index (κ3) is 1.31. The normalized spacial score (nSPS) is 11.1. The van der Waals surface area contributed by atoms with Gasteiger partial charge < -0.3 is 5.73 Å². The Morgan fingerprint density at radius 1 is 1.31 bits per heavy atom. The molecule has 16 heavy (non-hydrogen) atoms. The SMILES string of the molecule is NCc1nccn1-c1ncnc2ccsc12. The van der Waals surface area contributed by atoms with Crippen molar-refractivity contribution in [1.82, 2.24) is 19.5 Å². The molecule has 5 nitrogen and oxygen atoms in total. The minimum Gasteiger partial charge on any atom is -0.324 e. The van der Waals surface area contributed by atoms with E-state index in [0.29, 0.717) is 6.54 Å². The Bertz CT molecular complexity index is 627. The predicted molar refractivity (Wildman–Crippen MR) is 62.4 cm³/mol. The Morgan fingerprint density at radius 2 is 2.25 bits per heavy atom. The number of fused-ring (bicyclic) bond motifs is 1. The molecule has 0 aliphatic heterocycles. The minimum atomic E-state index is 0.393. The molecule has 0 atom stereocenters. The number of imidazole rings is 1. The Labute approximate surface area is 95.6 Å². The van der Waals surface area contributed by atoms with Crippen LogP contribution in [0.3, 0.4) is 0 Å². The monoisotopic (exact) mass is 231 g/mol. The molecule has 0 aliphatic carbocycles. The maximum Gasteiger partial charge on any atom is 0.159 e. The van der Waals surface area contributed by atoms with Gasteiger partial charge in [-0.05, 0) is 11.4 Å². The van der Waals surface area contributed by atoms with Gasteiger partial charge in [0, 0.05) is 12.4 Å². The van der Waals surface area contributed by atoms with Crippen LogP contribution in [0.25, 0.3) is 16.0 Å². The number of nitrogens with zero attached hydrogens (tertiary/aromatic N) is 4. The molecule has 3 rings (SSSR count). The molecule has 6 heteroatoms. The summed E-state index contributed by atoms with van der Waals surface area (Å²) in [4.78, 5) is 12.7. The maximum atomic E-state index is 5.63. The zero-order valence-corrected chi connectivity index (χ0v) is 9.18. The highest BCUT2D eigenvalue weighted by molar-refractivity contribution is 7.17. The summed E-state index contributed by atoms with van der Waals surface area (Å²) < 4.78 is 2.95. The molecular formula is C10H9N5S. The van der Waals surface area contributed by atoms with Gasteiger partial charge >= 0.3 is 0 Å². The Kier molecular flexibility index (Phi) is 2.16. The summed E-state index contributed by atoms with van der Waals surface area (Å²) in [5.74, 6) is 1.64. The molecular weight excluding hydrogens is 222 g/mol. The largest absolute Gasteiger partial charge is 0.324 e. The second-order valence-corrected chi connectivity index (χ2v) is 4.17. The van der Waals surface area contributed by atoms with Crippen molar-refractivity contribution in [3.05, 3.63) is 36.0 Å². The van der Waals surface area contributed by atoms with Gasteiger partial charge in [-0.2, -0.15) is 0 Å². The topological polar surface area (TPSA) is 69.6 Å². The van der Waals surface area contributed by atoms with E-state index in [1.54, 1.807) is 23.9 Å². The molecule has 3 aromatic heterocycles. The van der Waals surface area contributed by atoms with Crippen molar-refractivity contribution in [2.24, 2.45) is 5.73 Å². The lowest BCUT2D eigenvalue weighted by Crippen LogP contribution is -2.07. The fourth-order valence-electron chi connectivity index (χ4n) is 1.63. The predicted octanol–water partition coefficient (Wildman–Crippen LogP) is 1.34. The summed E-state index contributed by atoms with van der Waals surface area (Å²) in [5.41, 5.74) is 6.58. The summed E-state index contributed by atoms with van der Waals surface area (Å²) in [6.07, 6.45) is 5.15. The first-order valence-corrected chi connectivity index (χ1v) is 5.69. The molecule has 3 aromatic rings. The van der Waals surface area contributed by atoms with Crippen molar-refractivity contribution in [2.45, 2.75) is 6.54 Å². The smallest absolute Gasteiger partial charge is 0.159 e. The summed E-state index contributed by atoms with van der Waals surface area (Å²) in [6.45, 7) is 0.393. The van der Waals surface area contributed by atoms with E-state index >= 15 is 0 Å². The van der Waals surface area contributed by atoms with Crippen molar-refractivity contribution in [1.29, 1.82) is 0 Å². The second-order valence-electron chi connectivity index (χ2n) is 3.25.